The standard InChI is InChI=1S/C16H19N3O2/c1-11-6-13-7-12(4-5-15(13)18(11)2)9-19-10-14(8-17-19)16(20)21-3/h4-8,10,16,20H,9H2,1-3H3. The molecule has 1 atom stereocenters. The highest BCUT2D eigenvalue weighted by atomic mass is 16.6. The number of nitrogens with zero attached hydrogens (tertiary/aromatic N) is 3. The summed E-state index contributed by atoms with van der Waals surface area (Å²) in [5.41, 5.74) is 4.31. The molecule has 0 fully saturated rings. The van der Waals surface area contributed by atoms with Crippen LogP contribution >= 0.6 is 0 Å². The normalized spacial score (nSPS) is 13.0. The molecular formula is C16H19N3O2. The second-order valence-corrected chi connectivity index (χ2v) is 5.30. The van der Waals surface area contributed by atoms with Crippen molar-refractivity contribution in [2.75, 3.05) is 7.11 Å². The zero-order chi connectivity index (χ0) is 15.0. The van der Waals surface area contributed by atoms with Gasteiger partial charge in [0.1, 0.15) is 0 Å². The lowest BCUT2D eigenvalue weighted by molar-refractivity contribution is -0.0769. The third kappa shape index (κ3) is 2.57. The SMILES string of the molecule is COC(O)c1cnn(Cc2ccc3c(c2)cc(C)n3C)c1. The van der Waals surface area contributed by atoms with Crippen molar-refractivity contribution in [2.45, 2.75) is 19.8 Å². The van der Waals surface area contributed by atoms with Gasteiger partial charge in [0.2, 0.25) is 0 Å². The van der Waals surface area contributed by atoms with Crippen molar-refractivity contribution in [3.63, 3.8) is 0 Å². The quantitative estimate of drug-likeness (QED) is 0.749. The first-order valence-corrected chi connectivity index (χ1v) is 6.86. The summed E-state index contributed by atoms with van der Waals surface area (Å²) in [5.74, 6) is 0. The van der Waals surface area contributed by atoms with Crippen LogP contribution in [0.1, 0.15) is 23.1 Å². The van der Waals surface area contributed by atoms with Crippen molar-refractivity contribution in [3.8, 4) is 0 Å². The maximum absolute atomic E-state index is 9.61. The van der Waals surface area contributed by atoms with Crippen LogP contribution in [0.5, 0.6) is 0 Å². The van der Waals surface area contributed by atoms with Gasteiger partial charge in [0.05, 0.1) is 12.7 Å². The van der Waals surface area contributed by atoms with E-state index in [1.54, 1.807) is 17.1 Å². The van der Waals surface area contributed by atoms with Crippen LogP contribution in [0, 0.1) is 6.92 Å². The number of methoxy groups -OCH3 is 1. The van der Waals surface area contributed by atoms with Gasteiger partial charge >= 0.3 is 0 Å². The van der Waals surface area contributed by atoms with Gasteiger partial charge in [-0.2, -0.15) is 5.10 Å². The number of aliphatic hydroxyl groups is 1. The number of aromatic nitrogens is 3. The summed E-state index contributed by atoms with van der Waals surface area (Å²) >= 11 is 0. The van der Waals surface area contributed by atoms with E-state index < -0.39 is 6.29 Å². The Morgan fingerprint density at radius 3 is 2.90 bits per heavy atom. The molecule has 110 valence electrons. The molecule has 1 unspecified atom stereocenters. The number of rotatable bonds is 4. The third-order valence-corrected chi connectivity index (χ3v) is 3.85. The van der Waals surface area contributed by atoms with Gasteiger partial charge in [-0.1, -0.05) is 6.07 Å². The third-order valence-electron chi connectivity index (χ3n) is 3.85. The lowest BCUT2D eigenvalue weighted by Gasteiger charge is -2.05. The largest absolute Gasteiger partial charge is 0.364 e. The van der Waals surface area contributed by atoms with E-state index in [1.807, 2.05) is 0 Å². The second kappa shape index (κ2) is 5.35. The topological polar surface area (TPSA) is 52.2 Å². The smallest absolute Gasteiger partial charge is 0.183 e. The van der Waals surface area contributed by atoms with Gasteiger partial charge in [-0.05, 0) is 30.7 Å². The van der Waals surface area contributed by atoms with Gasteiger partial charge in [-0.15, -0.1) is 0 Å². The summed E-state index contributed by atoms with van der Waals surface area (Å²) in [7, 11) is 3.54. The predicted octanol–water partition coefficient (Wildman–Crippen LogP) is 2.37. The van der Waals surface area contributed by atoms with Gasteiger partial charge in [-0.3, -0.25) is 4.68 Å². The molecule has 0 aliphatic heterocycles. The number of ether oxygens (including phenoxy) is 1. The average Bonchev–Trinajstić information content (AvgIpc) is 3.04. The Morgan fingerprint density at radius 1 is 1.33 bits per heavy atom. The van der Waals surface area contributed by atoms with Gasteiger partial charge in [-0.25, -0.2) is 0 Å². The Morgan fingerprint density at radius 2 is 2.14 bits per heavy atom. The van der Waals surface area contributed by atoms with Crippen molar-refractivity contribution in [3.05, 3.63) is 53.5 Å². The number of hydrogen-bond donors (Lipinski definition) is 1. The molecule has 5 nitrogen and oxygen atoms in total. The fourth-order valence-electron chi connectivity index (χ4n) is 2.55. The Kier molecular flexibility index (Phi) is 3.53. The van der Waals surface area contributed by atoms with Gasteiger partial charge in [0, 0.05) is 42.5 Å². The number of benzene rings is 1. The minimum atomic E-state index is -0.919. The van der Waals surface area contributed by atoms with Crippen LogP contribution in [0.4, 0.5) is 0 Å². The first-order chi connectivity index (χ1) is 10.1. The van der Waals surface area contributed by atoms with E-state index in [-0.39, 0.29) is 0 Å². The monoisotopic (exact) mass is 285 g/mol. The van der Waals surface area contributed by atoms with E-state index in [0.717, 1.165) is 0 Å². The van der Waals surface area contributed by atoms with E-state index in [0.29, 0.717) is 12.1 Å². The number of aryl methyl sites for hydroxylation is 2. The molecule has 0 spiro atoms. The van der Waals surface area contributed by atoms with Gasteiger partial charge in [0.25, 0.3) is 0 Å². The Bertz CT molecular complexity index is 773. The molecule has 0 bridgehead atoms. The summed E-state index contributed by atoms with van der Waals surface area (Å²) in [6.45, 7) is 2.77. The fourth-order valence-corrected chi connectivity index (χ4v) is 2.55. The molecule has 1 N–H and O–H groups in total. The van der Waals surface area contributed by atoms with E-state index in [1.165, 1.54) is 29.3 Å². The molecule has 5 heteroatoms. The van der Waals surface area contributed by atoms with Crippen LogP contribution in [0.2, 0.25) is 0 Å². The van der Waals surface area contributed by atoms with Crippen LogP contribution in [0.15, 0.2) is 36.7 Å². The lowest BCUT2D eigenvalue weighted by Crippen LogP contribution is -2.01. The van der Waals surface area contributed by atoms with Crippen molar-refractivity contribution in [1.29, 1.82) is 0 Å². The maximum Gasteiger partial charge on any atom is 0.183 e. The van der Waals surface area contributed by atoms with E-state index in [9.17, 15) is 5.11 Å². The molecule has 21 heavy (non-hydrogen) atoms. The zero-order valence-electron chi connectivity index (χ0n) is 12.4. The molecule has 2 heterocycles. The molecule has 3 aromatic rings. The predicted molar refractivity (Wildman–Crippen MR) is 81.0 cm³/mol. The Labute approximate surface area is 123 Å². The van der Waals surface area contributed by atoms with Crippen molar-refractivity contribution < 1.29 is 9.84 Å². The molecule has 2 aromatic heterocycles. The highest BCUT2D eigenvalue weighted by molar-refractivity contribution is 5.81. The number of fused-ring (bicyclic) bond motifs is 1. The number of aliphatic hydroxyl groups excluding tert-OH is 1. The molecule has 0 saturated carbocycles. The van der Waals surface area contributed by atoms with Crippen molar-refractivity contribution >= 4 is 10.9 Å². The number of hydrogen-bond acceptors (Lipinski definition) is 3. The molecule has 0 aliphatic rings. The first-order valence-electron chi connectivity index (χ1n) is 6.86. The van der Waals surface area contributed by atoms with Gasteiger partial charge < -0.3 is 14.4 Å². The second-order valence-electron chi connectivity index (χ2n) is 5.30. The van der Waals surface area contributed by atoms with E-state index in [4.69, 9.17) is 4.74 Å². The van der Waals surface area contributed by atoms with Crippen molar-refractivity contribution in [1.82, 2.24) is 14.3 Å². The molecular weight excluding hydrogens is 266 g/mol. The molecule has 3 rings (SSSR count). The zero-order valence-corrected chi connectivity index (χ0v) is 12.4. The summed E-state index contributed by atoms with van der Waals surface area (Å²) in [6, 6.07) is 8.60. The molecule has 0 saturated heterocycles. The molecule has 0 aliphatic carbocycles. The molecule has 0 amide bonds. The highest BCUT2D eigenvalue weighted by Gasteiger charge is 2.09. The summed E-state index contributed by atoms with van der Waals surface area (Å²) in [5, 5.41) is 15.1. The van der Waals surface area contributed by atoms with Crippen LogP contribution in [-0.2, 0) is 18.3 Å². The van der Waals surface area contributed by atoms with Gasteiger partial charge in [0.15, 0.2) is 6.29 Å². The first kappa shape index (κ1) is 13.9. The van der Waals surface area contributed by atoms with Crippen LogP contribution in [0.3, 0.4) is 0 Å². The summed E-state index contributed by atoms with van der Waals surface area (Å²) in [4.78, 5) is 0. The molecule has 0 radical (unpaired) electrons. The fraction of sp³-hybridized carbons (Fsp3) is 0.312. The Balaban J connectivity index is 1.86. The Hall–Kier alpha value is -2.11. The minimum Gasteiger partial charge on any atom is -0.364 e. The van der Waals surface area contributed by atoms with Crippen LogP contribution < -0.4 is 0 Å². The average molecular weight is 285 g/mol. The minimum absolute atomic E-state index is 0.661. The van der Waals surface area contributed by atoms with E-state index >= 15 is 0 Å². The van der Waals surface area contributed by atoms with Crippen LogP contribution in [-0.4, -0.2) is 26.6 Å². The van der Waals surface area contributed by atoms with E-state index in [2.05, 4.69) is 47.9 Å². The summed E-state index contributed by atoms with van der Waals surface area (Å²) < 4.78 is 8.85. The lowest BCUT2D eigenvalue weighted by atomic mass is 10.1. The van der Waals surface area contributed by atoms with Crippen LogP contribution in [0.25, 0.3) is 10.9 Å². The molecule has 1 aromatic carbocycles. The highest BCUT2D eigenvalue weighted by Crippen LogP contribution is 2.20. The van der Waals surface area contributed by atoms with Crippen molar-refractivity contribution in [2.24, 2.45) is 7.05 Å². The maximum atomic E-state index is 9.61. The summed E-state index contributed by atoms with van der Waals surface area (Å²) in [6.07, 6.45) is 2.51.